The molecule has 0 aliphatic carbocycles. The summed E-state index contributed by atoms with van der Waals surface area (Å²) in [6.45, 7) is 1.72. The second kappa shape index (κ2) is 4.13. The minimum absolute atomic E-state index is 0.146. The summed E-state index contributed by atoms with van der Waals surface area (Å²) in [7, 11) is 0. The van der Waals surface area contributed by atoms with Crippen molar-refractivity contribution in [2.75, 3.05) is 0 Å². The Labute approximate surface area is 88.3 Å². The van der Waals surface area contributed by atoms with Crippen molar-refractivity contribution in [3.05, 3.63) is 34.9 Å². The summed E-state index contributed by atoms with van der Waals surface area (Å²) in [5.41, 5.74) is -0.0988. The van der Waals surface area contributed by atoms with Crippen LogP contribution in [0.3, 0.4) is 0 Å². The molecule has 0 aliphatic heterocycles. The van der Waals surface area contributed by atoms with Crippen molar-refractivity contribution >= 4 is 11.6 Å². The lowest BCUT2D eigenvalue weighted by molar-refractivity contribution is 0.628. The molecule has 0 N–H and O–H groups in total. The normalized spacial score (nSPS) is 13.7. The number of nitrogens with zero attached hydrogens (tertiary/aromatic N) is 2. The van der Waals surface area contributed by atoms with Crippen molar-refractivity contribution in [3.8, 4) is 12.1 Å². The van der Waals surface area contributed by atoms with E-state index in [2.05, 4.69) is 6.07 Å². The van der Waals surface area contributed by atoms with E-state index in [1.165, 1.54) is 0 Å². The molecule has 0 aromatic heterocycles. The highest BCUT2D eigenvalue weighted by molar-refractivity contribution is 6.31. The van der Waals surface area contributed by atoms with Gasteiger partial charge in [0.05, 0.1) is 24.0 Å². The van der Waals surface area contributed by atoms with E-state index in [-0.39, 0.29) is 6.42 Å². The van der Waals surface area contributed by atoms with E-state index in [0.717, 1.165) is 0 Å². The second-order valence-electron chi connectivity index (χ2n) is 3.26. The van der Waals surface area contributed by atoms with E-state index >= 15 is 0 Å². The first-order valence-corrected chi connectivity index (χ1v) is 4.55. The molecular weight excluding hydrogens is 196 g/mol. The zero-order valence-corrected chi connectivity index (χ0v) is 8.54. The number of halogens is 1. The SMILES string of the molecule is CC(C#N)(CC#N)c1ccccc1Cl. The van der Waals surface area contributed by atoms with E-state index < -0.39 is 5.41 Å². The van der Waals surface area contributed by atoms with Crippen molar-refractivity contribution in [1.82, 2.24) is 0 Å². The fraction of sp³-hybridized carbons (Fsp3) is 0.273. The maximum absolute atomic E-state index is 9.03. The molecule has 0 saturated heterocycles. The average Bonchev–Trinajstić information content (AvgIpc) is 2.18. The molecule has 0 saturated carbocycles. The number of hydrogen-bond acceptors (Lipinski definition) is 2. The van der Waals surface area contributed by atoms with Gasteiger partial charge < -0.3 is 0 Å². The third-order valence-corrected chi connectivity index (χ3v) is 2.48. The Bertz CT molecular complexity index is 414. The summed E-state index contributed by atoms with van der Waals surface area (Å²) in [6, 6.07) is 11.3. The lowest BCUT2D eigenvalue weighted by atomic mass is 9.81. The largest absolute Gasteiger partial charge is 0.198 e. The highest BCUT2D eigenvalue weighted by atomic mass is 35.5. The summed E-state index contributed by atoms with van der Waals surface area (Å²) >= 11 is 5.96. The van der Waals surface area contributed by atoms with Crippen molar-refractivity contribution in [3.63, 3.8) is 0 Å². The first-order chi connectivity index (χ1) is 6.64. The van der Waals surface area contributed by atoms with Gasteiger partial charge in [0.1, 0.15) is 0 Å². The molecular formula is C11H9ClN2. The van der Waals surface area contributed by atoms with Crippen LogP contribution in [-0.4, -0.2) is 0 Å². The van der Waals surface area contributed by atoms with E-state index in [1.54, 1.807) is 25.1 Å². The van der Waals surface area contributed by atoms with Crippen LogP contribution in [0.25, 0.3) is 0 Å². The van der Waals surface area contributed by atoms with Crippen LogP contribution in [-0.2, 0) is 5.41 Å². The molecule has 70 valence electrons. The van der Waals surface area contributed by atoms with E-state index in [0.29, 0.717) is 10.6 Å². The van der Waals surface area contributed by atoms with Crippen LogP contribution < -0.4 is 0 Å². The molecule has 1 atom stereocenters. The van der Waals surface area contributed by atoms with Crippen molar-refractivity contribution < 1.29 is 0 Å². The van der Waals surface area contributed by atoms with Gasteiger partial charge in [0, 0.05) is 5.02 Å². The lowest BCUT2D eigenvalue weighted by Gasteiger charge is -2.19. The predicted octanol–water partition coefficient (Wildman–Crippen LogP) is 3.03. The van der Waals surface area contributed by atoms with E-state index in [4.69, 9.17) is 22.1 Å². The molecule has 1 unspecified atom stereocenters. The maximum Gasteiger partial charge on any atom is 0.0937 e. The van der Waals surface area contributed by atoms with E-state index in [1.807, 2.05) is 12.1 Å². The first-order valence-electron chi connectivity index (χ1n) is 4.17. The van der Waals surface area contributed by atoms with Gasteiger partial charge in [0.15, 0.2) is 0 Å². The van der Waals surface area contributed by atoms with Crippen molar-refractivity contribution in [2.45, 2.75) is 18.8 Å². The van der Waals surface area contributed by atoms with Gasteiger partial charge in [-0.25, -0.2) is 0 Å². The third kappa shape index (κ3) is 1.87. The van der Waals surface area contributed by atoms with Gasteiger partial charge in [-0.1, -0.05) is 29.8 Å². The summed E-state index contributed by atoms with van der Waals surface area (Å²) in [6.07, 6.45) is 0.146. The first kappa shape index (κ1) is 10.6. The Morgan fingerprint density at radius 2 is 2.00 bits per heavy atom. The Hall–Kier alpha value is -1.51. The number of hydrogen-bond donors (Lipinski definition) is 0. The van der Waals surface area contributed by atoms with Crippen LogP contribution in [0, 0.1) is 22.7 Å². The molecule has 2 nitrogen and oxygen atoms in total. The minimum atomic E-state index is -0.812. The highest BCUT2D eigenvalue weighted by Crippen LogP contribution is 2.31. The summed E-state index contributed by atoms with van der Waals surface area (Å²) in [5, 5.41) is 18.2. The molecule has 0 fully saturated rings. The summed E-state index contributed by atoms with van der Waals surface area (Å²) < 4.78 is 0. The molecule has 0 spiro atoms. The fourth-order valence-corrected chi connectivity index (χ4v) is 1.61. The molecule has 14 heavy (non-hydrogen) atoms. The van der Waals surface area contributed by atoms with Gasteiger partial charge in [0.25, 0.3) is 0 Å². The average molecular weight is 205 g/mol. The van der Waals surface area contributed by atoms with Crippen LogP contribution >= 0.6 is 11.6 Å². The van der Waals surface area contributed by atoms with Gasteiger partial charge in [0.2, 0.25) is 0 Å². The summed E-state index contributed by atoms with van der Waals surface area (Å²) in [4.78, 5) is 0. The standard InChI is InChI=1S/C11H9ClN2/c1-11(8-14,6-7-13)9-4-2-3-5-10(9)12/h2-5H,6H2,1H3. The molecule has 0 bridgehead atoms. The van der Waals surface area contributed by atoms with Crippen molar-refractivity contribution in [2.24, 2.45) is 0 Å². The molecule has 0 amide bonds. The van der Waals surface area contributed by atoms with Crippen LogP contribution in [0.2, 0.25) is 5.02 Å². The predicted molar refractivity (Wildman–Crippen MR) is 54.6 cm³/mol. The van der Waals surface area contributed by atoms with Crippen LogP contribution in [0.1, 0.15) is 18.9 Å². The number of rotatable bonds is 2. The van der Waals surface area contributed by atoms with E-state index in [9.17, 15) is 0 Å². The summed E-state index contributed by atoms with van der Waals surface area (Å²) in [5.74, 6) is 0. The molecule has 3 heteroatoms. The van der Waals surface area contributed by atoms with Gasteiger partial charge in [-0.3, -0.25) is 0 Å². The zero-order valence-electron chi connectivity index (χ0n) is 7.79. The molecule has 1 rings (SSSR count). The molecule has 1 aromatic rings. The Kier molecular flexibility index (Phi) is 3.12. The molecule has 0 radical (unpaired) electrons. The highest BCUT2D eigenvalue weighted by Gasteiger charge is 2.28. The zero-order chi connectivity index (χ0) is 10.6. The van der Waals surface area contributed by atoms with Gasteiger partial charge >= 0.3 is 0 Å². The van der Waals surface area contributed by atoms with Gasteiger partial charge in [-0.15, -0.1) is 0 Å². The fourth-order valence-electron chi connectivity index (χ4n) is 1.26. The van der Waals surface area contributed by atoms with Crippen LogP contribution in [0.4, 0.5) is 0 Å². The smallest absolute Gasteiger partial charge is 0.0937 e. The molecule has 0 heterocycles. The maximum atomic E-state index is 9.03. The topological polar surface area (TPSA) is 47.6 Å². The van der Waals surface area contributed by atoms with Gasteiger partial charge in [-0.2, -0.15) is 10.5 Å². The van der Waals surface area contributed by atoms with Crippen molar-refractivity contribution in [1.29, 1.82) is 10.5 Å². The molecule has 1 aromatic carbocycles. The number of benzene rings is 1. The second-order valence-corrected chi connectivity index (χ2v) is 3.67. The monoisotopic (exact) mass is 204 g/mol. The van der Waals surface area contributed by atoms with Crippen LogP contribution in [0.5, 0.6) is 0 Å². The number of nitriles is 2. The quantitative estimate of drug-likeness (QED) is 0.744. The van der Waals surface area contributed by atoms with Gasteiger partial charge in [-0.05, 0) is 18.6 Å². The van der Waals surface area contributed by atoms with Crippen LogP contribution in [0.15, 0.2) is 24.3 Å². The Balaban J connectivity index is 3.22. The Morgan fingerprint density at radius 1 is 1.36 bits per heavy atom. The third-order valence-electron chi connectivity index (χ3n) is 2.15. The Morgan fingerprint density at radius 3 is 2.50 bits per heavy atom. The molecule has 0 aliphatic rings. The minimum Gasteiger partial charge on any atom is -0.198 e. The lowest BCUT2D eigenvalue weighted by Crippen LogP contribution is -2.19.